The Hall–Kier alpha value is -8.46. The Morgan fingerprint density at radius 2 is 0.647 bits per heavy atom. The molecule has 9 rings (SSSR count). The molecule has 0 amide bonds. The number of hydrogen-bond donors (Lipinski definition) is 0. The zero-order valence-electron chi connectivity index (χ0n) is 41.9. The summed E-state index contributed by atoms with van der Waals surface area (Å²) in [5.74, 6) is 1.40. The van der Waals surface area contributed by atoms with Crippen molar-refractivity contribution in [2.75, 3.05) is 0 Å². The standard InChI is InChI=1S/C32H12BF24.C25H19N2O/c34-25(35,36)13-1-14(26(37,38)39)6-21(5-13)33(22-7-15(27(40,41)42)2-16(8-22)28(43,44)45,23-9-17(29(46,47)48)3-18(10-23)30(49,50)51)24-11-19(31(52,53)54)4-20(12-24)32(55,56)57;1-2-8-19(9-3-1)17-27-15-14-26-25(18-27)28-24-16-20-10-4-5-11-21(20)22-12-6-7-13-23(22)24/h1-12H;1-16,18H,17H2/q-1;+1. The lowest BCUT2D eigenvalue weighted by atomic mass is 9.12. The van der Waals surface area contributed by atoms with Crippen molar-refractivity contribution in [3.05, 3.63) is 226 Å². The van der Waals surface area contributed by atoms with E-state index in [1.807, 2.05) is 24.5 Å². The molecule has 0 bridgehead atoms. The molecule has 0 aliphatic carbocycles. The normalized spacial score (nSPS) is 13.2. The first-order chi connectivity index (χ1) is 39.1. The summed E-state index contributed by atoms with van der Waals surface area (Å²) in [6.45, 7) is 0.776. The third kappa shape index (κ3) is 13.9. The van der Waals surface area contributed by atoms with Crippen LogP contribution >= 0.6 is 0 Å². The van der Waals surface area contributed by atoms with E-state index >= 15 is 0 Å². The van der Waals surface area contributed by atoms with E-state index in [0.717, 1.165) is 23.1 Å². The van der Waals surface area contributed by atoms with Crippen LogP contribution in [0.4, 0.5) is 105 Å². The van der Waals surface area contributed by atoms with Crippen LogP contribution in [-0.4, -0.2) is 11.1 Å². The van der Waals surface area contributed by atoms with Crippen LogP contribution in [0.15, 0.2) is 176 Å². The monoisotopic (exact) mass is 1230 g/mol. The van der Waals surface area contributed by atoms with Crippen LogP contribution in [0.3, 0.4) is 0 Å². The molecule has 0 saturated carbocycles. The Labute approximate surface area is 462 Å². The van der Waals surface area contributed by atoms with Gasteiger partial charge in [0.15, 0.2) is 12.7 Å². The summed E-state index contributed by atoms with van der Waals surface area (Å²) < 4.78 is 349. The smallest absolute Gasteiger partial charge is 0.416 e. The summed E-state index contributed by atoms with van der Waals surface area (Å²) in [4.78, 5) is 4.42. The number of alkyl halides is 24. The van der Waals surface area contributed by atoms with E-state index in [4.69, 9.17) is 4.74 Å². The molecule has 28 heteroatoms. The summed E-state index contributed by atoms with van der Waals surface area (Å²) in [6.07, 6.45) is -49.1. The quantitative estimate of drug-likeness (QED) is 0.0656. The highest BCUT2D eigenvalue weighted by Gasteiger charge is 2.47. The SMILES string of the molecule is FC(F)(F)c1cc([B-](c2cc(C(F)(F)F)cc(C(F)(F)F)c2)(c2cc(C(F)(F)F)cc(C(F)(F)F)c2)c2cc(C(F)(F)F)cc(C(F)(F)F)c2)cc(C(F)(F)F)c1.c1ccc(C[n+]2ccnc(Oc3cc4ccccc4c4ccccc34)c2)cc1. The summed E-state index contributed by atoms with van der Waals surface area (Å²) in [5.41, 5.74) is -29.0. The molecule has 0 N–H and O–H groups in total. The minimum Gasteiger partial charge on any atom is -0.434 e. The Bertz CT molecular complexity index is 3480. The highest BCUT2D eigenvalue weighted by atomic mass is 19.4. The van der Waals surface area contributed by atoms with Crippen LogP contribution in [0.5, 0.6) is 11.6 Å². The first-order valence-electron chi connectivity index (χ1n) is 24.0. The maximum absolute atomic E-state index is 14.2. The average Bonchev–Trinajstić information content (AvgIpc) is 1.25. The fourth-order valence-corrected chi connectivity index (χ4v) is 9.64. The lowest BCUT2D eigenvalue weighted by Crippen LogP contribution is -2.75. The van der Waals surface area contributed by atoms with E-state index in [1.54, 1.807) is 6.20 Å². The lowest BCUT2D eigenvalue weighted by molar-refractivity contribution is -0.689. The molecular weight excluding hydrogens is 1200 g/mol. The summed E-state index contributed by atoms with van der Waals surface area (Å²) >= 11 is 0. The zero-order chi connectivity index (χ0) is 62.7. The second-order valence-electron chi connectivity index (χ2n) is 19.0. The van der Waals surface area contributed by atoms with Crippen molar-refractivity contribution in [3.8, 4) is 11.6 Å². The number of ether oxygens (including phenoxy) is 1. The average molecular weight is 1230 g/mol. The Balaban J connectivity index is 0.000000276. The van der Waals surface area contributed by atoms with E-state index < -0.39 is 195 Å². The molecule has 0 unspecified atom stereocenters. The number of rotatable bonds is 8. The van der Waals surface area contributed by atoms with Gasteiger partial charge < -0.3 is 4.74 Å². The molecule has 1 aromatic heterocycles. The number of aromatic nitrogens is 2. The maximum Gasteiger partial charge on any atom is 0.416 e. The largest absolute Gasteiger partial charge is 0.434 e. The van der Waals surface area contributed by atoms with Crippen molar-refractivity contribution in [1.82, 2.24) is 4.98 Å². The van der Waals surface area contributed by atoms with Crippen LogP contribution in [0, 0.1) is 0 Å². The molecule has 1 heterocycles. The molecule has 0 radical (unpaired) electrons. The second-order valence-corrected chi connectivity index (χ2v) is 19.0. The Morgan fingerprint density at radius 3 is 0.988 bits per heavy atom. The van der Waals surface area contributed by atoms with E-state index in [2.05, 4.69) is 82.3 Å². The van der Waals surface area contributed by atoms with Gasteiger partial charge in [-0.25, -0.2) is 4.98 Å². The van der Waals surface area contributed by atoms with Gasteiger partial charge >= 0.3 is 49.4 Å². The van der Waals surface area contributed by atoms with Gasteiger partial charge in [-0.3, -0.25) is 0 Å². The highest BCUT2D eigenvalue weighted by Crippen LogP contribution is 2.42. The van der Waals surface area contributed by atoms with Crippen LogP contribution in [-0.2, 0) is 56.0 Å². The maximum atomic E-state index is 14.2. The molecule has 9 aromatic rings. The third-order valence-corrected chi connectivity index (χ3v) is 13.3. The van der Waals surface area contributed by atoms with E-state index in [9.17, 15) is 105 Å². The van der Waals surface area contributed by atoms with E-state index in [1.165, 1.54) is 16.3 Å². The van der Waals surface area contributed by atoms with Crippen LogP contribution in [0.25, 0.3) is 21.5 Å². The highest BCUT2D eigenvalue weighted by molar-refractivity contribution is 7.20. The molecule has 0 fully saturated rings. The molecule has 0 atom stereocenters. The predicted molar refractivity (Wildman–Crippen MR) is 262 cm³/mol. The molecule has 8 aromatic carbocycles. The molecule has 3 nitrogen and oxygen atoms in total. The van der Waals surface area contributed by atoms with Crippen molar-refractivity contribution in [2.45, 2.75) is 56.0 Å². The molecule has 0 spiro atoms. The number of halogens is 24. The first kappa shape index (κ1) is 62.6. The van der Waals surface area contributed by atoms with Crippen molar-refractivity contribution in [3.63, 3.8) is 0 Å². The second kappa shape index (κ2) is 22.2. The minimum absolute atomic E-state index is 0.582. The fraction of sp³-hybridized carbons (Fsp3) is 0.158. The lowest BCUT2D eigenvalue weighted by Gasteiger charge is -2.46. The third-order valence-electron chi connectivity index (χ3n) is 13.3. The molecule has 446 valence electrons. The van der Waals surface area contributed by atoms with E-state index in [-0.39, 0.29) is 0 Å². The van der Waals surface area contributed by atoms with Gasteiger partial charge in [-0.05, 0) is 46.5 Å². The summed E-state index contributed by atoms with van der Waals surface area (Å²) in [6, 6.07) is 20.4. The molecule has 0 aliphatic heterocycles. The van der Waals surface area contributed by atoms with Gasteiger partial charge in [-0.15, -0.1) is 0 Å². The number of nitrogens with zero attached hydrogens (tertiary/aromatic N) is 2. The van der Waals surface area contributed by atoms with Crippen molar-refractivity contribution in [1.29, 1.82) is 0 Å². The van der Waals surface area contributed by atoms with Gasteiger partial charge in [-0.1, -0.05) is 127 Å². The summed E-state index contributed by atoms with van der Waals surface area (Å²) in [7, 11) is 0. The van der Waals surface area contributed by atoms with Gasteiger partial charge in [0.05, 0.1) is 50.7 Å². The van der Waals surface area contributed by atoms with Crippen molar-refractivity contribution in [2.24, 2.45) is 0 Å². The Kier molecular flexibility index (Phi) is 16.3. The Morgan fingerprint density at radius 1 is 0.341 bits per heavy atom. The van der Waals surface area contributed by atoms with Crippen LogP contribution in [0.1, 0.15) is 50.1 Å². The van der Waals surface area contributed by atoms with Crippen molar-refractivity contribution < 1.29 is 115 Å². The van der Waals surface area contributed by atoms with Gasteiger partial charge in [-0.2, -0.15) is 132 Å². The van der Waals surface area contributed by atoms with Crippen LogP contribution in [0.2, 0.25) is 0 Å². The number of hydrogen-bond acceptors (Lipinski definition) is 2. The van der Waals surface area contributed by atoms with Crippen LogP contribution < -0.4 is 31.2 Å². The molecule has 85 heavy (non-hydrogen) atoms. The minimum atomic E-state index is -6.13. The molecular formula is C57H31BF24N2O. The topological polar surface area (TPSA) is 26.0 Å². The summed E-state index contributed by atoms with van der Waals surface area (Å²) in [5, 5.41) is 4.65. The molecule has 0 saturated heterocycles. The molecule has 0 aliphatic rings. The number of benzene rings is 8. The van der Waals surface area contributed by atoms with E-state index in [0.29, 0.717) is 5.88 Å². The fourth-order valence-electron chi connectivity index (χ4n) is 9.64. The predicted octanol–water partition coefficient (Wildman–Crippen LogP) is 16.7. The first-order valence-corrected chi connectivity index (χ1v) is 24.0. The van der Waals surface area contributed by atoms with Gasteiger partial charge in [0.25, 0.3) is 5.88 Å². The zero-order valence-corrected chi connectivity index (χ0v) is 41.9. The van der Waals surface area contributed by atoms with Gasteiger partial charge in [0.2, 0.25) is 6.20 Å². The van der Waals surface area contributed by atoms with Gasteiger partial charge in [0, 0.05) is 10.9 Å². The number of fused-ring (bicyclic) bond motifs is 3. The van der Waals surface area contributed by atoms with Crippen molar-refractivity contribution >= 4 is 49.5 Å². The van der Waals surface area contributed by atoms with Gasteiger partial charge in [0.1, 0.15) is 11.9 Å².